The van der Waals surface area contributed by atoms with E-state index in [1.165, 1.54) is 0 Å². The van der Waals surface area contributed by atoms with Crippen molar-refractivity contribution in [1.29, 1.82) is 0 Å². The molecule has 4 heteroatoms. The van der Waals surface area contributed by atoms with Gasteiger partial charge in [0.05, 0.1) is 16.6 Å². The van der Waals surface area contributed by atoms with Crippen molar-refractivity contribution in [1.82, 2.24) is 9.55 Å². The first-order chi connectivity index (χ1) is 8.84. The third kappa shape index (κ3) is 1.12. The molecule has 1 aromatic carbocycles. The van der Waals surface area contributed by atoms with E-state index >= 15 is 0 Å². The summed E-state index contributed by atoms with van der Waals surface area (Å²) >= 11 is 0. The lowest BCUT2D eigenvalue weighted by Crippen LogP contribution is -2.25. The number of para-hydroxylation sites is 1. The zero-order valence-electron chi connectivity index (χ0n) is 9.45. The van der Waals surface area contributed by atoms with Crippen molar-refractivity contribution >= 4 is 22.6 Å². The normalized spacial score (nSPS) is 19.8. The molecule has 0 fully saturated rings. The predicted octanol–water partition coefficient (Wildman–Crippen LogP) is 2.15. The Hall–Kier alpha value is -2.49. The van der Waals surface area contributed by atoms with Crippen LogP contribution in [-0.2, 0) is 0 Å². The van der Waals surface area contributed by atoms with Gasteiger partial charge in [0.25, 0.3) is 5.56 Å². The number of hydrogen-bond donors (Lipinski definition) is 0. The minimum atomic E-state index is -0.102. The highest BCUT2D eigenvalue weighted by atomic mass is 16.1. The number of benzene rings is 1. The highest BCUT2D eigenvalue weighted by molar-refractivity contribution is 6.04. The molecule has 0 amide bonds. The average molecular weight is 235 g/mol. The molecule has 0 N–H and O–H groups in total. The van der Waals surface area contributed by atoms with Gasteiger partial charge in [-0.05, 0) is 18.2 Å². The second-order valence-corrected chi connectivity index (χ2v) is 4.33. The van der Waals surface area contributed by atoms with Crippen LogP contribution in [0.2, 0.25) is 0 Å². The maximum atomic E-state index is 12.5. The molecule has 1 aliphatic carbocycles. The molecule has 0 spiro atoms. The molecule has 0 saturated carbocycles. The summed E-state index contributed by atoms with van der Waals surface area (Å²) in [5.41, 5.74) is 1.54. The van der Waals surface area contributed by atoms with Crippen molar-refractivity contribution in [3.63, 3.8) is 0 Å². The Morgan fingerprint density at radius 3 is 3.00 bits per heavy atom. The highest BCUT2D eigenvalue weighted by Crippen LogP contribution is 2.28. The van der Waals surface area contributed by atoms with E-state index in [1.807, 2.05) is 42.5 Å². The monoisotopic (exact) mass is 235 g/mol. The van der Waals surface area contributed by atoms with Crippen molar-refractivity contribution in [3.8, 4) is 0 Å². The molecule has 1 unspecified atom stereocenters. The zero-order valence-corrected chi connectivity index (χ0v) is 9.45. The van der Waals surface area contributed by atoms with E-state index in [9.17, 15) is 4.79 Å². The summed E-state index contributed by atoms with van der Waals surface area (Å²) in [6, 6.07) is 7.27. The van der Waals surface area contributed by atoms with Crippen LogP contribution in [0.25, 0.3) is 10.9 Å². The predicted molar refractivity (Wildman–Crippen MR) is 70.4 cm³/mol. The molecule has 2 aliphatic rings. The van der Waals surface area contributed by atoms with Gasteiger partial charge in [-0.15, -0.1) is 0 Å². The van der Waals surface area contributed by atoms with Crippen LogP contribution in [0.4, 0.5) is 5.95 Å². The Kier molecular flexibility index (Phi) is 1.73. The quantitative estimate of drug-likeness (QED) is 0.702. The summed E-state index contributed by atoms with van der Waals surface area (Å²) in [6.07, 6.45) is 7.74. The van der Waals surface area contributed by atoms with Gasteiger partial charge in [-0.3, -0.25) is 9.36 Å². The van der Waals surface area contributed by atoms with Gasteiger partial charge >= 0.3 is 0 Å². The summed E-state index contributed by atoms with van der Waals surface area (Å²) < 4.78 is 1.65. The van der Waals surface area contributed by atoms with E-state index in [2.05, 4.69) is 9.98 Å². The summed E-state index contributed by atoms with van der Waals surface area (Å²) in [5.74, 6) is 0.495. The average Bonchev–Trinajstić information content (AvgIpc) is 2.77. The van der Waals surface area contributed by atoms with E-state index in [1.54, 1.807) is 10.6 Å². The maximum absolute atomic E-state index is 12.5. The maximum Gasteiger partial charge on any atom is 0.263 e. The van der Waals surface area contributed by atoms with Gasteiger partial charge in [0.1, 0.15) is 6.04 Å². The SMILES string of the molecule is O=c1c2ccccc2nc2n1C1C=CC=CC1=N2. The lowest BCUT2D eigenvalue weighted by atomic mass is 10.1. The Labute approximate surface area is 103 Å². The van der Waals surface area contributed by atoms with E-state index in [-0.39, 0.29) is 11.6 Å². The summed E-state index contributed by atoms with van der Waals surface area (Å²) in [7, 11) is 0. The van der Waals surface area contributed by atoms with Gasteiger partial charge in [0.2, 0.25) is 5.95 Å². The van der Waals surface area contributed by atoms with Crippen LogP contribution in [0.1, 0.15) is 6.04 Å². The minimum Gasteiger partial charge on any atom is -0.268 e. The van der Waals surface area contributed by atoms with Gasteiger partial charge in [0, 0.05) is 0 Å². The van der Waals surface area contributed by atoms with Crippen LogP contribution in [0.5, 0.6) is 0 Å². The molecule has 2 aromatic rings. The molecule has 1 atom stereocenters. The fourth-order valence-electron chi connectivity index (χ4n) is 2.42. The molecular weight excluding hydrogens is 226 g/mol. The lowest BCUT2D eigenvalue weighted by molar-refractivity contribution is 0.749. The Bertz CT molecular complexity index is 811. The van der Waals surface area contributed by atoms with E-state index in [0.29, 0.717) is 16.9 Å². The molecule has 4 nitrogen and oxygen atoms in total. The summed E-state index contributed by atoms with van der Waals surface area (Å²) in [4.78, 5) is 21.3. The number of aliphatic imine (C=N–C) groups is 1. The Morgan fingerprint density at radius 1 is 1.17 bits per heavy atom. The molecular formula is C14H9N3O. The molecule has 1 aromatic heterocycles. The minimum absolute atomic E-state index is 0.0284. The van der Waals surface area contributed by atoms with Crippen molar-refractivity contribution in [2.24, 2.45) is 4.99 Å². The van der Waals surface area contributed by atoms with Crippen molar-refractivity contribution in [3.05, 3.63) is 58.9 Å². The number of aromatic nitrogens is 2. The molecule has 2 heterocycles. The highest BCUT2D eigenvalue weighted by Gasteiger charge is 2.27. The standard InChI is InChI=1S/C14H9N3O/c18-13-9-5-1-2-6-10(9)15-14-16-11-7-3-4-8-12(11)17(13)14/h1-8,12H. The molecule has 86 valence electrons. The number of nitrogens with zero attached hydrogens (tertiary/aromatic N) is 3. The second-order valence-electron chi connectivity index (χ2n) is 4.33. The van der Waals surface area contributed by atoms with Crippen LogP contribution >= 0.6 is 0 Å². The first-order valence-corrected chi connectivity index (χ1v) is 5.79. The molecule has 0 saturated heterocycles. The smallest absolute Gasteiger partial charge is 0.263 e. The first-order valence-electron chi connectivity index (χ1n) is 5.79. The Morgan fingerprint density at radius 2 is 2.06 bits per heavy atom. The largest absolute Gasteiger partial charge is 0.268 e. The van der Waals surface area contributed by atoms with Crippen molar-refractivity contribution in [2.45, 2.75) is 6.04 Å². The second kappa shape index (κ2) is 3.26. The third-order valence-electron chi connectivity index (χ3n) is 3.27. The van der Waals surface area contributed by atoms with Gasteiger partial charge in [0.15, 0.2) is 0 Å². The van der Waals surface area contributed by atoms with Crippen molar-refractivity contribution < 1.29 is 0 Å². The Balaban J connectivity index is 2.11. The molecule has 0 radical (unpaired) electrons. The number of rotatable bonds is 0. The van der Waals surface area contributed by atoms with E-state index < -0.39 is 0 Å². The molecule has 1 aliphatic heterocycles. The molecule has 4 rings (SSSR count). The van der Waals surface area contributed by atoms with Crippen LogP contribution in [0.3, 0.4) is 0 Å². The van der Waals surface area contributed by atoms with Gasteiger partial charge < -0.3 is 0 Å². The van der Waals surface area contributed by atoms with E-state index in [4.69, 9.17) is 0 Å². The molecule has 18 heavy (non-hydrogen) atoms. The summed E-state index contributed by atoms with van der Waals surface area (Å²) in [6.45, 7) is 0. The van der Waals surface area contributed by atoms with Crippen LogP contribution in [0, 0.1) is 0 Å². The van der Waals surface area contributed by atoms with Gasteiger partial charge in [-0.25, -0.2) is 9.98 Å². The first kappa shape index (κ1) is 9.53. The van der Waals surface area contributed by atoms with Crippen LogP contribution < -0.4 is 5.56 Å². The third-order valence-corrected chi connectivity index (χ3v) is 3.27. The van der Waals surface area contributed by atoms with Crippen molar-refractivity contribution in [2.75, 3.05) is 0 Å². The fourth-order valence-corrected chi connectivity index (χ4v) is 2.42. The fraction of sp³-hybridized carbons (Fsp3) is 0.0714. The van der Waals surface area contributed by atoms with Crippen LogP contribution in [-0.4, -0.2) is 15.3 Å². The van der Waals surface area contributed by atoms with Gasteiger partial charge in [-0.1, -0.05) is 30.4 Å². The number of allylic oxidation sites excluding steroid dienone is 4. The topological polar surface area (TPSA) is 47.2 Å². The summed E-state index contributed by atoms with van der Waals surface area (Å²) in [5, 5.41) is 0.639. The van der Waals surface area contributed by atoms with Gasteiger partial charge in [-0.2, -0.15) is 0 Å². The number of hydrogen-bond acceptors (Lipinski definition) is 3. The number of fused-ring (bicyclic) bond motifs is 4. The van der Waals surface area contributed by atoms with E-state index in [0.717, 1.165) is 5.71 Å². The van der Waals surface area contributed by atoms with Crippen LogP contribution in [0.15, 0.2) is 58.4 Å². The zero-order chi connectivity index (χ0) is 12.1. The lowest BCUT2D eigenvalue weighted by Gasteiger charge is -2.12. The molecule has 0 bridgehead atoms.